The second-order valence-electron chi connectivity index (χ2n) is 0.909. The Kier molecular flexibility index (Phi) is 2.40. The van der Waals surface area contributed by atoms with E-state index < -0.39 is 0 Å². The van der Waals surface area contributed by atoms with Gasteiger partial charge < -0.3 is 5.84 Å². The Bertz CT molecular complexity index is 113. The molecule has 0 aromatic carbocycles. The summed E-state index contributed by atoms with van der Waals surface area (Å²) in [5.41, 5.74) is 0. The van der Waals surface area contributed by atoms with Gasteiger partial charge in [-0.1, -0.05) is 0 Å². The number of nitrogen functional groups attached to an aromatic ring is 1. The van der Waals surface area contributed by atoms with Crippen LogP contribution in [0.15, 0.2) is 12.7 Å². The molecule has 0 aliphatic carbocycles. The molecule has 1 heterocycles. The number of hydrogen-bond donors (Lipinski definition) is 1. The van der Waals surface area contributed by atoms with Crippen molar-refractivity contribution in [2.45, 2.75) is 0 Å². The fourth-order valence-corrected chi connectivity index (χ4v) is 0.209. The van der Waals surface area contributed by atoms with Gasteiger partial charge in [-0.05, 0) is 0 Å². The van der Waals surface area contributed by atoms with Crippen molar-refractivity contribution in [3.63, 3.8) is 0 Å². The van der Waals surface area contributed by atoms with Crippen LogP contribution < -0.4 is 5.84 Å². The van der Waals surface area contributed by atoms with E-state index in [2.05, 4.69) is 10.2 Å². The van der Waals surface area contributed by atoms with Crippen LogP contribution in [0, 0.1) is 0 Å². The second-order valence-corrected chi connectivity index (χ2v) is 0.909. The van der Waals surface area contributed by atoms with Crippen LogP contribution in [0.2, 0.25) is 0 Å². The molecule has 0 unspecified atom stereocenters. The Morgan fingerprint density at radius 2 is 1.71 bits per heavy atom. The summed E-state index contributed by atoms with van der Waals surface area (Å²) in [5, 5.41) is 6.82. The normalized spacial score (nSPS) is 7.43. The predicted octanol–water partition coefficient (Wildman–Crippen LogP) is -1.01. The van der Waals surface area contributed by atoms with E-state index in [-0.39, 0.29) is 17.1 Å². The van der Waals surface area contributed by atoms with E-state index in [1.54, 1.807) is 0 Å². The molecule has 0 aliphatic rings. The van der Waals surface area contributed by atoms with Crippen molar-refractivity contribution in [3.05, 3.63) is 12.7 Å². The quantitative estimate of drug-likeness (QED) is 0.378. The zero-order chi connectivity index (χ0) is 4.41. The Balaban J connectivity index is 0.000000360. The molecule has 43 valence electrons. The molecule has 1 aromatic rings. The van der Waals surface area contributed by atoms with E-state index in [0.29, 0.717) is 0 Å². The summed E-state index contributed by atoms with van der Waals surface area (Å²) in [6, 6.07) is 0. The molecule has 0 spiro atoms. The van der Waals surface area contributed by atoms with Crippen LogP contribution in [-0.4, -0.2) is 14.9 Å². The molecule has 5 heteroatoms. The first-order valence-corrected chi connectivity index (χ1v) is 1.49. The minimum absolute atomic E-state index is 0. The van der Waals surface area contributed by atoms with Gasteiger partial charge in [0.1, 0.15) is 12.7 Å². The van der Waals surface area contributed by atoms with Crippen LogP contribution in [-0.2, 0) is 17.1 Å². The molecule has 0 atom stereocenters. The smallest absolute Gasteiger partial charge is 0.138 e. The first-order chi connectivity index (χ1) is 2.89. The first kappa shape index (κ1) is 6.46. The van der Waals surface area contributed by atoms with Crippen molar-refractivity contribution in [1.29, 1.82) is 0 Å². The van der Waals surface area contributed by atoms with Gasteiger partial charge in [0.15, 0.2) is 0 Å². The maximum atomic E-state index is 5.07. The predicted molar refractivity (Wildman–Crippen MR) is 20.2 cm³/mol. The molecule has 0 fully saturated rings. The number of nitrogens with zero attached hydrogens (tertiary/aromatic N) is 3. The van der Waals surface area contributed by atoms with E-state index in [1.165, 1.54) is 17.3 Å². The largest absolute Gasteiger partial charge is 0.337 e. The van der Waals surface area contributed by atoms with Crippen molar-refractivity contribution >= 4 is 0 Å². The second kappa shape index (κ2) is 2.60. The van der Waals surface area contributed by atoms with Crippen molar-refractivity contribution in [1.82, 2.24) is 14.9 Å². The van der Waals surface area contributed by atoms with E-state index in [1.807, 2.05) is 0 Å². The van der Waals surface area contributed by atoms with Gasteiger partial charge >= 0.3 is 0 Å². The van der Waals surface area contributed by atoms with Gasteiger partial charge in [-0.25, -0.2) is 4.68 Å². The molecule has 1 radical (unpaired) electrons. The van der Waals surface area contributed by atoms with E-state index in [0.717, 1.165) is 0 Å². The van der Waals surface area contributed by atoms with Crippen molar-refractivity contribution in [3.8, 4) is 0 Å². The summed E-state index contributed by atoms with van der Waals surface area (Å²) in [6.07, 6.45) is 2.83. The van der Waals surface area contributed by atoms with Crippen LogP contribution in [0.1, 0.15) is 0 Å². The van der Waals surface area contributed by atoms with Gasteiger partial charge in [0.2, 0.25) is 0 Å². The Hall–Kier alpha value is -0.541. The van der Waals surface area contributed by atoms with Crippen LogP contribution >= 0.6 is 0 Å². The van der Waals surface area contributed by atoms with Crippen LogP contribution in [0.4, 0.5) is 0 Å². The molecular formula is C2H4CuN4. The minimum Gasteiger partial charge on any atom is -0.337 e. The van der Waals surface area contributed by atoms with E-state index in [9.17, 15) is 0 Å². The summed E-state index contributed by atoms with van der Waals surface area (Å²) >= 11 is 0. The Morgan fingerprint density at radius 3 is 1.86 bits per heavy atom. The fraction of sp³-hybridized carbons (Fsp3) is 0. The van der Waals surface area contributed by atoms with Crippen molar-refractivity contribution in [2.75, 3.05) is 5.84 Å². The Morgan fingerprint density at radius 1 is 1.29 bits per heavy atom. The summed E-state index contributed by atoms with van der Waals surface area (Å²) in [6.45, 7) is 0. The molecule has 1 rings (SSSR count). The van der Waals surface area contributed by atoms with Gasteiger partial charge in [-0.15, -0.1) is 10.2 Å². The number of aromatic nitrogens is 3. The molecule has 2 N–H and O–H groups in total. The summed E-state index contributed by atoms with van der Waals surface area (Å²) in [4.78, 5) is 0. The SMILES string of the molecule is Nn1cnnc1.[Cu]. The third-order valence-corrected chi connectivity index (χ3v) is 0.437. The van der Waals surface area contributed by atoms with Crippen LogP contribution in [0.3, 0.4) is 0 Å². The van der Waals surface area contributed by atoms with Crippen molar-refractivity contribution in [2.24, 2.45) is 0 Å². The standard InChI is InChI=1S/C2H4N4.Cu/c3-6-1-4-5-2-6;/h1-2H,3H2;. The molecule has 1 aromatic heterocycles. The van der Waals surface area contributed by atoms with Crippen LogP contribution in [0.25, 0.3) is 0 Å². The van der Waals surface area contributed by atoms with E-state index in [4.69, 9.17) is 5.84 Å². The van der Waals surface area contributed by atoms with E-state index >= 15 is 0 Å². The fourth-order valence-electron chi connectivity index (χ4n) is 0.209. The Labute approximate surface area is 51.2 Å². The summed E-state index contributed by atoms with van der Waals surface area (Å²) in [7, 11) is 0. The van der Waals surface area contributed by atoms with Gasteiger partial charge in [0, 0.05) is 17.1 Å². The van der Waals surface area contributed by atoms with Gasteiger partial charge in [-0.3, -0.25) is 0 Å². The average Bonchev–Trinajstić information content (AvgIpc) is 1.86. The van der Waals surface area contributed by atoms with Crippen molar-refractivity contribution < 1.29 is 17.1 Å². The topological polar surface area (TPSA) is 56.7 Å². The molecule has 7 heavy (non-hydrogen) atoms. The maximum Gasteiger partial charge on any atom is 0.138 e. The molecule has 0 saturated heterocycles. The first-order valence-electron chi connectivity index (χ1n) is 1.49. The monoisotopic (exact) mass is 147 g/mol. The number of hydrogen-bond acceptors (Lipinski definition) is 3. The maximum absolute atomic E-state index is 5.07. The minimum atomic E-state index is 0. The number of nitrogens with two attached hydrogens (primary N) is 1. The zero-order valence-corrected chi connectivity index (χ0v) is 4.32. The van der Waals surface area contributed by atoms with Gasteiger partial charge in [-0.2, -0.15) is 0 Å². The molecule has 0 saturated carbocycles. The summed E-state index contributed by atoms with van der Waals surface area (Å²) in [5.74, 6) is 5.07. The third kappa shape index (κ3) is 1.57. The van der Waals surface area contributed by atoms with Crippen LogP contribution in [0.5, 0.6) is 0 Å². The number of rotatable bonds is 0. The average molecular weight is 148 g/mol. The third-order valence-electron chi connectivity index (χ3n) is 0.437. The molecular weight excluding hydrogens is 144 g/mol. The molecule has 0 amide bonds. The van der Waals surface area contributed by atoms with Gasteiger partial charge in [0.05, 0.1) is 0 Å². The zero-order valence-electron chi connectivity index (χ0n) is 3.38. The molecule has 0 aliphatic heterocycles. The summed E-state index contributed by atoms with van der Waals surface area (Å²) < 4.78 is 1.28. The molecule has 4 nitrogen and oxygen atoms in total. The van der Waals surface area contributed by atoms with Gasteiger partial charge in [0.25, 0.3) is 0 Å². The molecule has 0 bridgehead atoms.